The molecule has 0 bridgehead atoms. The van der Waals surface area contributed by atoms with Crippen molar-refractivity contribution in [1.82, 2.24) is 4.98 Å². The first kappa shape index (κ1) is 10.1. The molecule has 14 heavy (non-hydrogen) atoms. The Labute approximate surface area is 89.5 Å². The summed E-state index contributed by atoms with van der Waals surface area (Å²) in [4.78, 5) is 4.66. The van der Waals surface area contributed by atoms with Crippen LogP contribution in [-0.2, 0) is 6.42 Å². The summed E-state index contributed by atoms with van der Waals surface area (Å²) in [5, 5.41) is 3.45. The molecule has 0 atom stereocenters. The second-order valence-corrected chi connectivity index (χ2v) is 4.98. The first-order chi connectivity index (χ1) is 6.90. The van der Waals surface area contributed by atoms with Crippen molar-refractivity contribution < 1.29 is 0 Å². The minimum Gasteiger partial charge on any atom is -0.330 e. The van der Waals surface area contributed by atoms with Crippen molar-refractivity contribution in [3.05, 3.63) is 16.1 Å². The zero-order chi connectivity index (χ0) is 9.80. The summed E-state index contributed by atoms with van der Waals surface area (Å²) < 4.78 is 0. The van der Waals surface area contributed by atoms with E-state index in [2.05, 4.69) is 10.4 Å². The lowest BCUT2D eigenvalue weighted by atomic mass is 9.87. The Kier molecular flexibility index (Phi) is 3.54. The predicted octanol–water partition coefficient (Wildman–Crippen LogP) is 2.69. The van der Waals surface area contributed by atoms with Crippen LogP contribution in [0.25, 0.3) is 0 Å². The summed E-state index contributed by atoms with van der Waals surface area (Å²) in [6.07, 6.45) is 7.80. The molecule has 2 nitrogen and oxygen atoms in total. The van der Waals surface area contributed by atoms with E-state index in [-0.39, 0.29) is 0 Å². The van der Waals surface area contributed by atoms with Crippen molar-refractivity contribution in [3.8, 4) is 0 Å². The lowest BCUT2D eigenvalue weighted by molar-refractivity contribution is 0.437. The summed E-state index contributed by atoms with van der Waals surface area (Å²) in [5.74, 6) is 0.742. The zero-order valence-electron chi connectivity index (χ0n) is 8.54. The molecule has 3 heteroatoms. The number of aromatic nitrogens is 1. The molecule has 0 saturated heterocycles. The second kappa shape index (κ2) is 4.89. The van der Waals surface area contributed by atoms with E-state index >= 15 is 0 Å². The molecule has 0 aromatic carbocycles. The van der Waals surface area contributed by atoms with Gasteiger partial charge in [-0.3, -0.25) is 0 Å². The first-order valence-corrected chi connectivity index (χ1v) is 6.42. The van der Waals surface area contributed by atoms with Crippen molar-refractivity contribution in [1.29, 1.82) is 0 Å². The van der Waals surface area contributed by atoms with Crippen LogP contribution in [0.5, 0.6) is 0 Å². The van der Waals surface area contributed by atoms with E-state index in [4.69, 9.17) is 5.73 Å². The minimum atomic E-state index is 0.720. The molecule has 1 aromatic heterocycles. The molecule has 0 spiro atoms. The summed E-state index contributed by atoms with van der Waals surface area (Å²) >= 11 is 1.78. The van der Waals surface area contributed by atoms with Crippen molar-refractivity contribution in [2.24, 2.45) is 5.73 Å². The zero-order valence-corrected chi connectivity index (χ0v) is 9.35. The van der Waals surface area contributed by atoms with Gasteiger partial charge in [-0.25, -0.2) is 4.98 Å². The van der Waals surface area contributed by atoms with Crippen molar-refractivity contribution in [3.63, 3.8) is 0 Å². The van der Waals surface area contributed by atoms with Gasteiger partial charge in [-0.1, -0.05) is 19.3 Å². The van der Waals surface area contributed by atoms with E-state index in [1.807, 2.05) is 0 Å². The standard InChI is InChI=1S/C11H18N2S/c12-7-6-11-13-10(8-14-11)9-4-2-1-3-5-9/h8-9H,1-7,12H2. The van der Waals surface area contributed by atoms with Gasteiger partial charge in [-0.15, -0.1) is 11.3 Å². The number of thiazole rings is 1. The summed E-state index contributed by atoms with van der Waals surface area (Å²) in [5.41, 5.74) is 6.85. The largest absolute Gasteiger partial charge is 0.330 e. The van der Waals surface area contributed by atoms with Gasteiger partial charge in [0.05, 0.1) is 10.7 Å². The normalized spacial score (nSPS) is 18.6. The van der Waals surface area contributed by atoms with E-state index in [0.717, 1.165) is 18.9 Å². The Balaban J connectivity index is 2.00. The maximum absolute atomic E-state index is 5.51. The molecule has 1 aliphatic rings. The Morgan fingerprint density at radius 3 is 2.86 bits per heavy atom. The highest BCUT2D eigenvalue weighted by Crippen LogP contribution is 2.32. The molecule has 0 aliphatic heterocycles. The summed E-state index contributed by atoms with van der Waals surface area (Å²) in [6, 6.07) is 0. The van der Waals surface area contributed by atoms with E-state index in [9.17, 15) is 0 Å². The maximum Gasteiger partial charge on any atom is 0.0940 e. The van der Waals surface area contributed by atoms with E-state index < -0.39 is 0 Å². The van der Waals surface area contributed by atoms with Crippen LogP contribution in [0.3, 0.4) is 0 Å². The third-order valence-electron chi connectivity index (χ3n) is 2.95. The molecule has 1 aromatic rings. The van der Waals surface area contributed by atoms with Crippen LogP contribution in [0, 0.1) is 0 Å². The lowest BCUT2D eigenvalue weighted by Crippen LogP contribution is -2.06. The molecule has 78 valence electrons. The van der Waals surface area contributed by atoms with Gasteiger partial charge >= 0.3 is 0 Å². The number of nitrogens with two attached hydrogens (primary N) is 1. The average molecular weight is 210 g/mol. The monoisotopic (exact) mass is 210 g/mol. The van der Waals surface area contributed by atoms with Gasteiger partial charge in [0.15, 0.2) is 0 Å². The van der Waals surface area contributed by atoms with E-state index in [0.29, 0.717) is 0 Å². The van der Waals surface area contributed by atoms with Crippen LogP contribution in [0.15, 0.2) is 5.38 Å². The summed E-state index contributed by atoms with van der Waals surface area (Å²) in [7, 11) is 0. The van der Waals surface area contributed by atoms with Gasteiger partial charge in [0.25, 0.3) is 0 Å². The number of hydrogen-bond acceptors (Lipinski definition) is 3. The molecule has 0 amide bonds. The molecular weight excluding hydrogens is 192 g/mol. The highest BCUT2D eigenvalue weighted by Gasteiger charge is 2.17. The SMILES string of the molecule is NCCc1nc(C2CCCCC2)cs1. The molecule has 1 saturated carbocycles. The van der Waals surface area contributed by atoms with Gasteiger partial charge in [0, 0.05) is 17.7 Å². The summed E-state index contributed by atoms with van der Waals surface area (Å²) in [6.45, 7) is 0.720. The van der Waals surface area contributed by atoms with Gasteiger partial charge in [-0.2, -0.15) is 0 Å². The molecular formula is C11H18N2S. The molecule has 0 unspecified atom stereocenters. The van der Waals surface area contributed by atoms with E-state index in [1.165, 1.54) is 42.8 Å². The Morgan fingerprint density at radius 2 is 2.14 bits per heavy atom. The Hall–Kier alpha value is -0.410. The van der Waals surface area contributed by atoms with Crippen LogP contribution in [0.4, 0.5) is 0 Å². The van der Waals surface area contributed by atoms with Crippen molar-refractivity contribution in [2.45, 2.75) is 44.4 Å². The van der Waals surface area contributed by atoms with Gasteiger partial charge in [-0.05, 0) is 19.4 Å². The first-order valence-electron chi connectivity index (χ1n) is 5.54. The Morgan fingerprint density at radius 1 is 1.36 bits per heavy atom. The fraction of sp³-hybridized carbons (Fsp3) is 0.727. The van der Waals surface area contributed by atoms with Gasteiger partial charge in [0.2, 0.25) is 0 Å². The van der Waals surface area contributed by atoms with Crippen molar-refractivity contribution >= 4 is 11.3 Å². The molecule has 2 N–H and O–H groups in total. The van der Waals surface area contributed by atoms with Crippen LogP contribution >= 0.6 is 11.3 Å². The van der Waals surface area contributed by atoms with Crippen molar-refractivity contribution in [2.75, 3.05) is 6.54 Å². The molecule has 2 rings (SSSR count). The quantitative estimate of drug-likeness (QED) is 0.833. The Bertz CT molecular complexity index is 277. The average Bonchev–Trinajstić information content (AvgIpc) is 2.68. The van der Waals surface area contributed by atoms with Gasteiger partial charge < -0.3 is 5.73 Å². The minimum absolute atomic E-state index is 0.720. The second-order valence-electron chi connectivity index (χ2n) is 4.04. The van der Waals surface area contributed by atoms with Crippen LogP contribution in [0.1, 0.15) is 48.7 Å². The molecule has 1 heterocycles. The maximum atomic E-state index is 5.51. The number of rotatable bonds is 3. The van der Waals surface area contributed by atoms with Crippen LogP contribution < -0.4 is 5.73 Å². The molecule has 1 fully saturated rings. The third-order valence-corrected chi connectivity index (χ3v) is 3.88. The fourth-order valence-electron chi connectivity index (χ4n) is 2.15. The molecule has 0 radical (unpaired) electrons. The predicted molar refractivity (Wildman–Crippen MR) is 60.7 cm³/mol. The van der Waals surface area contributed by atoms with Crippen LogP contribution in [0.2, 0.25) is 0 Å². The topological polar surface area (TPSA) is 38.9 Å². The smallest absolute Gasteiger partial charge is 0.0940 e. The third kappa shape index (κ3) is 2.34. The lowest BCUT2D eigenvalue weighted by Gasteiger charge is -2.19. The number of nitrogens with zero attached hydrogens (tertiary/aromatic N) is 1. The number of hydrogen-bond donors (Lipinski definition) is 1. The highest BCUT2D eigenvalue weighted by molar-refractivity contribution is 7.09. The van der Waals surface area contributed by atoms with Crippen LogP contribution in [-0.4, -0.2) is 11.5 Å². The molecule has 1 aliphatic carbocycles. The highest BCUT2D eigenvalue weighted by atomic mass is 32.1. The fourth-order valence-corrected chi connectivity index (χ4v) is 3.05. The van der Waals surface area contributed by atoms with E-state index in [1.54, 1.807) is 11.3 Å². The van der Waals surface area contributed by atoms with Gasteiger partial charge in [0.1, 0.15) is 0 Å².